The molecule has 2 N–H and O–H groups in total. The molecule has 0 aliphatic carbocycles. The summed E-state index contributed by atoms with van der Waals surface area (Å²) in [6.45, 7) is 0. The van der Waals surface area contributed by atoms with E-state index in [2.05, 4.69) is 15.9 Å². The zero-order valence-electron chi connectivity index (χ0n) is 5.71. The molecule has 1 rings (SSSR count). The molecule has 0 radical (unpaired) electrons. The van der Waals surface area contributed by atoms with Gasteiger partial charge in [0.15, 0.2) is 0 Å². The molecule has 0 aliphatic rings. The van der Waals surface area contributed by atoms with E-state index in [0.717, 1.165) is 10.0 Å². The van der Waals surface area contributed by atoms with Crippen molar-refractivity contribution >= 4 is 33.3 Å². The second kappa shape index (κ2) is 3.78. The molecule has 0 atom stereocenters. The summed E-state index contributed by atoms with van der Waals surface area (Å²) >= 11 is 3.82. The van der Waals surface area contributed by atoms with Crippen LogP contribution in [-0.2, 0) is 21.6 Å². The highest BCUT2D eigenvalue weighted by Gasteiger charge is 2.03. The molecule has 11 heavy (non-hydrogen) atoms. The fourth-order valence-corrected chi connectivity index (χ4v) is 1.31. The molecule has 4 heteroatoms. The summed E-state index contributed by atoms with van der Waals surface area (Å²) in [7, 11) is 0. The number of nitrogen functional groups attached to an aromatic ring is 1. The maximum Gasteiger partial charge on any atom is 0.463 e. The van der Waals surface area contributed by atoms with Gasteiger partial charge in [-0.3, -0.25) is 0 Å². The van der Waals surface area contributed by atoms with Gasteiger partial charge in [0, 0.05) is 19.9 Å². The Labute approximate surface area is 77.4 Å². The number of anilines is 1. The Morgan fingerprint density at radius 3 is 2.82 bits per heavy atom. The van der Waals surface area contributed by atoms with Crippen LogP contribution < -0.4 is 5.73 Å². The van der Waals surface area contributed by atoms with E-state index in [1.165, 1.54) is 0 Å². The highest BCUT2D eigenvalue weighted by molar-refractivity contribution is 9.10. The molecule has 0 amide bonds. The van der Waals surface area contributed by atoms with E-state index in [1.54, 1.807) is 6.07 Å². The lowest BCUT2D eigenvalue weighted by atomic mass is 10.2. The van der Waals surface area contributed by atoms with Gasteiger partial charge < -0.3 is 5.73 Å². The Bertz CT molecular complexity index is 277. The number of hydrogen-bond donors (Lipinski definition) is 1. The van der Waals surface area contributed by atoms with Crippen LogP contribution in [-0.4, -0.2) is 0 Å². The van der Waals surface area contributed by atoms with Crippen LogP contribution in [0.3, 0.4) is 0 Å². The summed E-state index contributed by atoms with van der Waals surface area (Å²) in [4.78, 5) is 0. The van der Waals surface area contributed by atoms with Crippen molar-refractivity contribution in [2.45, 2.75) is 5.75 Å². The Balaban J connectivity index is 2.95. The Hall–Kier alpha value is -0.480. The molecule has 0 bridgehead atoms. The molecule has 1 aromatic rings. The predicted octanol–water partition coefficient (Wildman–Crippen LogP) is 1.96. The van der Waals surface area contributed by atoms with Gasteiger partial charge in [-0.1, -0.05) is 6.07 Å². The SMILES string of the molecule is Nc1cc(C[S+]=O)ccc1Br. The van der Waals surface area contributed by atoms with Crippen molar-refractivity contribution in [2.75, 3.05) is 5.73 Å². The van der Waals surface area contributed by atoms with Gasteiger partial charge in [-0.25, -0.2) is 0 Å². The number of benzene rings is 1. The first-order valence-corrected chi connectivity index (χ1v) is 4.73. The largest absolute Gasteiger partial charge is 0.463 e. The molecule has 0 saturated heterocycles. The lowest BCUT2D eigenvalue weighted by Crippen LogP contribution is -1.89. The zero-order chi connectivity index (χ0) is 8.27. The van der Waals surface area contributed by atoms with Crippen LogP contribution in [0.2, 0.25) is 0 Å². The van der Waals surface area contributed by atoms with E-state index in [9.17, 15) is 4.21 Å². The second-order valence-electron chi connectivity index (χ2n) is 2.12. The van der Waals surface area contributed by atoms with E-state index < -0.39 is 0 Å². The van der Waals surface area contributed by atoms with Gasteiger partial charge in [-0.2, -0.15) is 0 Å². The van der Waals surface area contributed by atoms with E-state index in [-0.39, 0.29) is 0 Å². The zero-order valence-corrected chi connectivity index (χ0v) is 8.11. The van der Waals surface area contributed by atoms with Gasteiger partial charge in [-0.15, -0.1) is 0 Å². The van der Waals surface area contributed by atoms with Gasteiger partial charge in [0.2, 0.25) is 0 Å². The Morgan fingerprint density at radius 1 is 1.55 bits per heavy atom. The molecule has 58 valence electrons. The van der Waals surface area contributed by atoms with Crippen LogP contribution in [0.5, 0.6) is 0 Å². The quantitative estimate of drug-likeness (QED) is 0.626. The summed E-state index contributed by atoms with van der Waals surface area (Å²) in [5, 5.41) is 0. The summed E-state index contributed by atoms with van der Waals surface area (Å²) in [5.41, 5.74) is 7.23. The average Bonchev–Trinajstić information content (AvgIpc) is 1.98. The van der Waals surface area contributed by atoms with Crippen molar-refractivity contribution < 1.29 is 4.21 Å². The molecule has 0 spiro atoms. The van der Waals surface area contributed by atoms with Gasteiger partial charge in [0.1, 0.15) is 0 Å². The van der Waals surface area contributed by atoms with Gasteiger partial charge in [0.05, 0.1) is 0 Å². The van der Waals surface area contributed by atoms with Crippen LogP contribution in [0.4, 0.5) is 5.69 Å². The average molecular weight is 233 g/mol. The van der Waals surface area contributed by atoms with Crippen molar-refractivity contribution in [2.24, 2.45) is 0 Å². The van der Waals surface area contributed by atoms with Crippen LogP contribution in [0.15, 0.2) is 22.7 Å². The standard InChI is InChI=1S/C7H7BrNOS/c8-6-2-1-5(4-11-10)3-7(6)9/h1-3H,4,9H2/q+1. The van der Waals surface area contributed by atoms with Crippen molar-refractivity contribution in [3.63, 3.8) is 0 Å². The van der Waals surface area contributed by atoms with Crippen molar-refractivity contribution in [1.29, 1.82) is 0 Å². The monoisotopic (exact) mass is 232 g/mol. The Kier molecular flexibility index (Phi) is 2.96. The summed E-state index contributed by atoms with van der Waals surface area (Å²) in [6.07, 6.45) is 0. The molecular weight excluding hydrogens is 226 g/mol. The summed E-state index contributed by atoms with van der Waals surface area (Å²) in [5.74, 6) is 0.470. The van der Waals surface area contributed by atoms with Gasteiger partial charge >= 0.3 is 11.7 Å². The molecule has 2 nitrogen and oxygen atoms in total. The fraction of sp³-hybridized carbons (Fsp3) is 0.143. The van der Waals surface area contributed by atoms with Crippen LogP contribution in [0.1, 0.15) is 5.56 Å². The molecule has 0 aliphatic heterocycles. The highest BCUT2D eigenvalue weighted by atomic mass is 79.9. The van der Waals surface area contributed by atoms with Gasteiger partial charge in [0.25, 0.3) is 5.75 Å². The van der Waals surface area contributed by atoms with Crippen molar-refractivity contribution in [3.8, 4) is 0 Å². The van der Waals surface area contributed by atoms with Crippen LogP contribution in [0.25, 0.3) is 0 Å². The second-order valence-corrected chi connectivity index (χ2v) is 3.50. The van der Waals surface area contributed by atoms with E-state index in [4.69, 9.17) is 5.73 Å². The van der Waals surface area contributed by atoms with Crippen molar-refractivity contribution in [3.05, 3.63) is 28.2 Å². The van der Waals surface area contributed by atoms with Gasteiger partial charge in [-0.05, 0) is 28.1 Å². The molecule has 0 aromatic heterocycles. The maximum absolute atomic E-state index is 10.2. The van der Waals surface area contributed by atoms with Crippen LogP contribution in [0, 0.1) is 0 Å². The lowest BCUT2D eigenvalue weighted by molar-refractivity contribution is 0.604. The molecule has 0 fully saturated rings. The third-order valence-corrected chi connectivity index (χ3v) is 2.46. The first kappa shape index (κ1) is 8.62. The number of nitrogens with two attached hydrogens (primary N) is 1. The van der Waals surface area contributed by atoms with E-state index in [1.807, 2.05) is 12.1 Å². The Morgan fingerprint density at radius 2 is 2.27 bits per heavy atom. The third-order valence-electron chi connectivity index (χ3n) is 1.29. The first-order chi connectivity index (χ1) is 5.24. The topological polar surface area (TPSA) is 43.1 Å². The van der Waals surface area contributed by atoms with E-state index in [0.29, 0.717) is 23.1 Å². The normalized spacial score (nSPS) is 9.55. The summed E-state index contributed by atoms with van der Waals surface area (Å²) < 4.78 is 11.0. The molecule has 1 aromatic carbocycles. The minimum absolute atomic E-state index is 0.470. The smallest absolute Gasteiger partial charge is 0.398 e. The molecular formula is C7H7BrNOS+. The first-order valence-electron chi connectivity index (χ1n) is 3.02. The number of hydrogen-bond acceptors (Lipinski definition) is 2. The number of rotatable bonds is 2. The third kappa shape index (κ3) is 2.24. The van der Waals surface area contributed by atoms with Crippen molar-refractivity contribution in [1.82, 2.24) is 0 Å². The lowest BCUT2D eigenvalue weighted by Gasteiger charge is -1.96. The highest BCUT2D eigenvalue weighted by Crippen LogP contribution is 2.20. The minimum Gasteiger partial charge on any atom is -0.398 e. The fourth-order valence-electron chi connectivity index (χ4n) is 0.751. The molecule has 0 saturated carbocycles. The molecule has 0 heterocycles. The summed E-state index contributed by atoms with van der Waals surface area (Å²) in [6, 6.07) is 5.53. The number of halogens is 1. The predicted molar refractivity (Wildman–Crippen MR) is 50.3 cm³/mol. The minimum atomic E-state index is 0.470. The van der Waals surface area contributed by atoms with Crippen LogP contribution >= 0.6 is 15.9 Å². The maximum atomic E-state index is 10.2. The molecule has 0 unspecified atom stereocenters. The van der Waals surface area contributed by atoms with E-state index >= 15 is 0 Å².